The van der Waals surface area contributed by atoms with Gasteiger partial charge in [-0.25, -0.2) is 0 Å². The van der Waals surface area contributed by atoms with Crippen molar-refractivity contribution in [3.63, 3.8) is 0 Å². The summed E-state index contributed by atoms with van der Waals surface area (Å²) in [5.41, 5.74) is 0. The molecule has 0 atom stereocenters. The van der Waals surface area contributed by atoms with E-state index in [4.69, 9.17) is 0 Å². The second-order valence-electron chi connectivity index (χ2n) is 0. The van der Waals surface area contributed by atoms with Crippen molar-refractivity contribution >= 4 is 0 Å². The number of hydrogen-bond acceptors (Lipinski definition) is 0. The molecule has 0 heterocycles. The Hall–Kier alpha value is 5.71. The van der Waals surface area contributed by atoms with Crippen molar-refractivity contribution < 1.29 is 294 Å². The molecule has 0 aliphatic heterocycles. The van der Waals surface area contributed by atoms with Crippen LogP contribution >= 0.6 is 0 Å². The van der Waals surface area contributed by atoms with Gasteiger partial charge < -0.3 is 98.6 Å². The minimum Gasteiger partial charge on any atom is -2.00 e. The minimum absolute atomic E-state index is 0. The third kappa shape index (κ3) is 859. The molecule has 0 aromatic heterocycles. The maximum absolute atomic E-state index is 0. The van der Waals surface area contributed by atoms with Crippen LogP contribution in [0.15, 0.2) is 0 Å². The molecule has 0 fully saturated rings. The van der Waals surface area contributed by atoms with Gasteiger partial charge in [0.2, 0.25) is 0 Å². The monoisotopic (exact) mass is 719 g/mol. The fourth-order valence-electron chi connectivity index (χ4n) is 0. The summed E-state index contributed by atoms with van der Waals surface area (Å²) in [6.07, 6.45) is 0. The van der Waals surface area contributed by atoms with Crippen LogP contribution < -0.4 is 0 Å². The molecule has 144 valence electrons. The van der Waals surface area contributed by atoms with Gasteiger partial charge in [-0.15, -0.1) is 0 Å². The van der Waals surface area contributed by atoms with E-state index >= 15 is 0 Å². The Bertz CT molecular complexity index is 24.8. The first kappa shape index (κ1) is 1010. The molecule has 0 saturated carbocycles. The summed E-state index contributed by atoms with van der Waals surface area (Å²) in [5, 5.41) is 0. The van der Waals surface area contributed by atoms with E-state index in [9.17, 15) is 0 Å². The molecule has 27 heavy (non-hydrogen) atoms. The van der Waals surface area contributed by atoms with Crippen LogP contribution in [0.2, 0.25) is 0 Å². The standard InChI is InChI=1S/18O.9Ti/q18*-2;9*+4. The first-order valence-corrected chi connectivity index (χ1v) is 0. The predicted octanol–water partition coefficient (Wildman–Crippen LogP) is -2.16. The van der Waals surface area contributed by atoms with E-state index in [0.717, 1.165) is 0 Å². The van der Waals surface area contributed by atoms with E-state index in [1.54, 1.807) is 0 Å². The molecule has 0 N–H and O–H groups in total. The van der Waals surface area contributed by atoms with Crippen molar-refractivity contribution in [2.45, 2.75) is 0 Å². The van der Waals surface area contributed by atoms with Crippen LogP contribution in [0.25, 0.3) is 0 Å². The molecule has 0 spiro atoms. The molecule has 0 bridgehead atoms. The predicted molar refractivity (Wildman–Crippen MR) is 12.4 cm³/mol. The molecule has 0 amide bonds. The Balaban J connectivity index is 0. The molecule has 0 aliphatic rings. The van der Waals surface area contributed by atoms with Crippen LogP contribution in [-0.2, 0) is 294 Å². The zero-order valence-corrected chi connectivity index (χ0v) is 25.9. The minimum atomic E-state index is 0. The summed E-state index contributed by atoms with van der Waals surface area (Å²) in [6, 6.07) is 0. The fraction of sp³-hybridized carbons (Fsp3) is 0. The number of hydrogen-bond donors (Lipinski definition) is 0. The van der Waals surface area contributed by atoms with Gasteiger partial charge in [0.1, 0.15) is 0 Å². The van der Waals surface area contributed by atoms with Crippen molar-refractivity contribution in [1.29, 1.82) is 0 Å². The van der Waals surface area contributed by atoms with Crippen molar-refractivity contribution in [3.8, 4) is 0 Å². The van der Waals surface area contributed by atoms with Crippen molar-refractivity contribution in [1.82, 2.24) is 0 Å². The molecule has 0 saturated heterocycles. The average Bonchev–Trinajstić information content (AvgIpc) is 0. The normalized spacial score (nSPS) is 0. The Morgan fingerprint density at radius 2 is 0.0741 bits per heavy atom. The molecule has 0 unspecified atom stereocenters. The molecule has 0 radical (unpaired) electrons. The second kappa shape index (κ2) is 918. The van der Waals surface area contributed by atoms with Crippen LogP contribution in [0.5, 0.6) is 0 Å². The van der Waals surface area contributed by atoms with E-state index in [-0.39, 0.29) is 294 Å². The van der Waals surface area contributed by atoms with Crippen LogP contribution in [-0.4, -0.2) is 0 Å². The zero-order valence-electron chi connectivity index (χ0n) is 11.8. The SMILES string of the molecule is [O-2].[O-2].[O-2].[O-2].[O-2].[O-2].[O-2].[O-2].[O-2].[O-2].[O-2].[O-2].[O-2].[O-2].[O-2].[O-2].[O-2].[O-2].[Ti+4].[Ti+4].[Ti+4].[Ti+4].[Ti+4].[Ti+4].[Ti+4].[Ti+4].[Ti+4]. The van der Waals surface area contributed by atoms with Gasteiger partial charge in [-0.2, -0.15) is 0 Å². The summed E-state index contributed by atoms with van der Waals surface area (Å²) in [7, 11) is 0. The first-order chi connectivity index (χ1) is 0. The summed E-state index contributed by atoms with van der Waals surface area (Å²) >= 11 is 0. The Morgan fingerprint density at radius 3 is 0.0741 bits per heavy atom. The Labute approximate surface area is 289 Å². The van der Waals surface area contributed by atoms with E-state index in [1.165, 1.54) is 0 Å². The zero-order chi connectivity index (χ0) is 0. The average molecular weight is 719 g/mol. The van der Waals surface area contributed by atoms with Crippen LogP contribution in [0.4, 0.5) is 0 Å². The van der Waals surface area contributed by atoms with Gasteiger partial charge in [-0.1, -0.05) is 0 Å². The second-order valence-corrected chi connectivity index (χ2v) is 0. The van der Waals surface area contributed by atoms with E-state index in [1.807, 2.05) is 0 Å². The molecule has 27 heteroatoms. The first-order valence-electron chi connectivity index (χ1n) is 0. The van der Waals surface area contributed by atoms with Gasteiger partial charge in [-0.05, 0) is 0 Å². The van der Waals surface area contributed by atoms with Crippen molar-refractivity contribution in [3.05, 3.63) is 0 Å². The smallest absolute Gasteiger partial charge is 2.00 e. The van der Waals surface area contributed by atoms with Crippen LogP contribution in [0, 0.1) is 0 Å². The van der Waals surface area contributed by atoms with Gasteiger partial charge >= 0.3 is 195 Å². The van der Waals surface area contributed by atoms with E-state index in [0.29, 0.717) is 0 Å². The summed E-state index contributed by atoms with van der Waals surface area (Å²) in [4.78, 5) is 0. The molecule has 0 aromatic rings. The maximum Gasteiger partial charge on any atom is 4.00 e. The molecule has 18 nitrogen and oxygen atoms in total. The molecular weight excluding hydrogens is 719 g/mol. The Kier molecular flexibility index (Phi) is 34300. The summed E-state index contributed by atoms with van der Waals surface area (Å²) in [6.45, 7) is 0. The van der Waals surface area contributed by atoms with Crippen LogP contribution in [0.3, 0.4) is 0 Å². The van der Waals surface area contributed by atoms with Gasteiger partial charge in [0.05, 0.1) is 0 Å². The summed E-state index contributed by atoms with van der Waals surface area (Å²) in [5.74, 6) is 0. The largest absolute Gasteiger partial charge is 4.00 e. The molecule has 0 aromatic carbocycles. The maximum atomic E-state index is 0. The van der Waals surface area contributed by atoms with E-state index in [2.05, 4.69) is 0 Å². The van der Waals surface area contributed by atoms with Gasteiger partial charge in [-0.3, -0.25) is 0 Å². The van der Waals surface area contributed by atoms with Crippen molar-refractivity contribution in [2.24, 2.45) is 0 Å². The third-order valence-corrected chi connectivity index (χ3v) is 0. The molecular formula is O18Ti9. The van der Waals surface area contributed by atoms with Gasteiger partial charge in [0.15, 0.2) is 0 Å². The van der Waals surface area contributed by atoms with Crippen LogP contribution in [0.1, 0.15) is 0 Å². The summed E-state index contributed by atoms with van der Waals surface area (Å²) < 4.78 is 0. The number of rotatable bonds is 0. The van der Waals surface area contributed by atoms with Crippen molar-refractivity contribution in [2.75, 3.05) is 0 Å². The van der Waals surface area contributed by atoms with E-state index < -0.39 is 0 Å². The van der Waals surface area contributed by atoms with Gasteiger partial charge in [0, 0.05) is 0 Å². The van der Waals surface area contributed by atoms with Gasteiger partial charge in [0.25, 0.3) is 0 Å². The Morgan fingerprint density at radius 1 is 0.0741 bits per heavy atom. The quantitative estimate of drug-likeness (QED) is 0.242. The molecule has 0 rings (SSSR count). The fourth-order valence-corrected chi connectivity index (χ4v) is 0. The third-order valence-electron chi connectivity index (χ3n) is 0. The topological polar surface area (TPSA) is 513 Å². The molecule has 0 aliphatic carbocycles.